The summed E-state index contributed by atoms with van der Waals surface area (Å²) in [4.78, 5) is 8.43. The van der Waals surface area contributed by atoms with E-state index in [1.54, 1.807) is 18.2 Å². The van der Waals surface area contributed by atoms with E-state index in [4.69, 9.17) is 16.8 Å². The Labute approximate surface area is 254 Å². The van der Waals surface area contributed by atoms with Gasteiger partial charge in [-0.2, -0.15) is 0 Å². The zero-order valence-corrected chi connectivity index (χ0v) is 22.8. The quantitative estimate of drug-likeness (QED) is 0.170. The van der Waals surface area contributed by atoms with Crippen LogP contribution in [0.4, 0.5) is 0 Å². The molecular weight excluding hydrogens is 657 g/mol. The van der Waals surface area contributed by atoms with Crippen LogP contribution in [0.2, 0.25) is 0 Å². The largest absolute Gasteiger partial charge is 0.501 e. The van der Waals surface area contributed by atoms with Gasteiger partial charge in [0, 0.05) is 50.2 Å². The Hall–Kier alpha value is -4.11. The molecule has 0 unspecified atom stereocenters. The number of furan rings is 1. The molecule has 0 atom stereocenters. The summed E-state index contributed by atoms with van der Waals surface area (Å²) in [5.74, 6) is 0. The van der Waals surface area contributed by atoms with Crippen molar-refractivity contribution in [2.24, 2.45) is 0 Å². The van der Waals surface area contributed by atoms with Crippen LogP contribution >= 0.6 is 0 Å². The minimum Gasteiger partial charge on any atom is -0.501 e. The van der Waals surface area contributed by atoms with E-state index in [1.165, 1.54) is 36.7 Å². The van der Waals surface area contributed by atoms with Gasteiger partial charge in [-0.1, -0.05) is 65.8 Å². The molecule has 39 heavy (non-hydrogen) atoms. The molecule has 0 amide bonds. The number of aromatic nitrogens is 2. The maximum Gasteiger partial charge on any atom is 0.121 e. The summed E-state index contributed by atoms with van der Waals surface area (Å²) in [6, 6.07) is 32.8. The maximum atomic E-state index is 7.64. The fourth-order valence-electron chi connectivity index (χ4n) is 4.32. The number of fused-ring (bicyclic) bond motifs is 4. The molecule has 0 aliphatic carbocycles. The minimum atomic E-state index is -2.18. The molecule has 0 saturated heterocycles. The Balaban J connectivity index is 0.000000193. The van der Waals surface area contributed by atoms with Crippen LogP contribution in [0.5, 0.6) is 0 Å². The van der Waals surface area contributed by atoms with E-state index in [1.807, 2.05) is 30.3 Å². The molecule has 0 N–H and O–H groups in total. The molecule has 3 nitrogen and oxygen atoms in total. The van der Waals surface area contributed by atoms with Crippen LogP contribution in [0.1, 0.15) is 29.0 Å². The molecule has 0 fully saturated rings. The number of rotatable bonds is 2. The van der Waals surface area contributed by atoms with Crippen molar-refractivity contribution >= 4 is 32.7 Å². The predicted octanol–water partition coefficient (Wildman–Crippen LogP) is 9.07. The van der Waals surface area contributed by atoms with E-state index in [0.29, 0.717) is 28.1 Å². The van der Waals surface area contributed by atoms with Crippen molar-refractivity contribution in [2.75, 3.05) is 0 Å². The van der Waals surface area contributed by atoms with Crippen LogP contribution in [0.25, 0.3) is 55.2 Å². The number of benzene rings is 4. The Bertz CT molecular complexity index is 2150. The molecule has 0 spiro atoms. The van der Waals surface area contributed by atoms with Crippen LogP contribution in [0, 0.1) is 32.7 Å². The first-order valence-corrected chi connectivity index (χ1v) is 11.9. The smallest absolute Gasteiger partial charge is 0.121 e. The van der Waals surface area contributed by atoms with Gasteiger partial charge < -0.3 is 14.4 Å². The summed E-state index contributed by atoms with van der Waals surface area (Å²) in [6.07, 6.45) is 2.81. The van der Waals surface area contributed by atoms with Gasteiger partial charge in [0.15, 0.2) is 0 Å². The molecule has 0 aliphatic rings. The van der Waals surface area contributed by atoms with Gasteiger partial charge in [-0.15, -0.1) is 53.6 Å². The molecule has 4 heteroatoms. The van der Waals surface area contributed by atoms with Crippen molar-refractivity contribution in [1.29, 1.82) is 0 Å². The van der Waals surface area contributed by atoms with E-state index in [9.17, 15) is 0 Å². The van der Waals surface area contributed by atoms with Gasteiger partial charge in [-0.05, 0) is 59.6 Å². The van der Waals surface area contributed by atoms with E-state index in [2.05, 4.69) is 40.3 Å². The number of hydrogen-bond donors (Lipinski definition) is 0. The first-order chi connectivity index (χ1) is 22.2. The van der Waals surface area contributed by atoms with Crippen molar-refractivity contribution in [2.45, 2.75) is 20.6 Å². The van der Waals surface area contributed by atoms with Gasteiger partial charge in [0.2, 0.25) is 0 Å². The molecule has 193 valence electrons. The van der Waals surface area contributed by atoms with Crippen molar-refractivity contribution in [3.05, 3.63) is 132 Å². The first-order valence-electron chi connectivity index (χ1n) is 16.4. The van der Waals surface area contributed by atoms with Crippen LogP contribution in [-0.4, -0.2) is 9.97 Å². The Kier molecular flexibility index (Phi) is 5.07. The topological polar surface area (TPSA) is 38.9 Å². The van der Waals surface area contributed by atoms with E-state index in [-0.39, 0.29) is 36.8 Å². The van der Waals surface area contributed by atoms with Gasteiger partial charge in [0.1, 0.15) is 5.58 Å². The minimum absolute atomic E-state index is 0. The average molecular weight is 692 g/mol. The first kappa shape index (κ1) is 17.5. The molecule has 7 aromatic rings. The van der Waals surface area contributed by atoms with Gasteiger partial charge in [-0.3, -0.25) is 0 Å². The monoisotopic (exact) mass is 692 g/mol. The molecule has 7 rings (SSSR count). The maximum absolute atomic E-state index is 7.64. The van der Waals surface area contributed by atoms with Gasteiger partial charge >= 0.3 is 0 Å². The average Bonchev–Trinajstić information content (AvgIpc) is 3.40. The summed E-state index contributed by atoms with van der Waals surface area (Å²) >= 11 is 0. The van der Waals surface area contributed by atoms with Crippen LogP contribution < -0.4 is 0 Å². The Morgan fingerprint density at radius 1 is 0.718 bits per heavy atom. The number of pyridine rings is 2. The van der Waals surface area contributed by atoms with Gasteiger partial charge in [0.05, 0.1) is 5.58 Å². The third kappa shape index (κ3) is 5.54. The second-order valence-electron chi connectivity index (χ2n) is 8.75. The summed E-state index contributed by atoms with van der Waals surface area (Å²) in [6.45, 7) is -6.52. The third-order valence-corrected chi connectivity index (χ3v) is 6.17. The van der Waals surface area contributed by atoms with Crippen molar-refractivity contribution in [3.63, 3.8) is 0 Å². The summed E-state index contributed by atoms with van der Waals surface area (Å²) in [5, 5.41) is 4.23. The fourth-order valence-corrected chi connectivity index (χ4v) is 4.32. The molecule has 0 bridgehead atoms. The second kappa shape index (κ2) is 11.3. The number of hydrogen-bond acceptors (Lipinski definition) is 3. The molecular formula is C35H26IrN2O-2. The van der Waals surface area contributed by atoms with Gasteiger partial charge in [0.25, 0.3) is 0 Å². The third-order valence-electron chi connectivity index (χ3n) is 6.17. The molecule has 4 aromatic carbocycles. The normalized spacial score (nSPS) is 15.1. The summed E-state index contributed by atoms with van der Waals surface area (Å²) in [7, 11) is 0. The molecule has 0 saturated carbocycles. The van der Waals surface area contributed by atoms with E-state index < -0.39 is 20.6 Å². The Morgan fingerprint density at radius 2 is 1.54 bits per heavy atom. The van der Waals surface area contributed by atoms with Crippen LogP contribution in [0.3, 0.4) is 0 Å². The molecule has 3 heterocycles. The zero-order valence-electron chi connectivity index (χ0n) is 29.5. The standard InChI is InChI=1S/C22H14NO.C13H12N.Ir/c1-14-9-10-23-20(11-14)18-8-4-7-17-19-12-15-5-2-3-6-16(15)13-21(19)24-22(17)18;1-10-3-6-12(7-4-10)13-8-5-11(2)9-14-13;/h2-7,9-13H,1H3;3-6,8-9H,1-2H3;/q2*-1;/i1D3;1D3,2D3;. The summed E-state index contributed by atoms with van der Waals surface area (Å²) in [5.41, 5.74) is 4.46. The van der Waals surface area contributed by atoms with Crippen molar-refractivity contribution in [3.8, 4) is 22.5 Å². The van der Waals surface area contributed by atoms with E-state index in [0.717, 1.165) is 27.1 Å². The van der Waals surface area contributed by atoms with Crippen molar-refractivity contribution in [1.82, 2.24) is 9.97 Å². The zero-order chi connectivity index (χ0) is 33.6. The number of aryl methyl sites for hydroxylation is 3. The second-order valence-corrected chi connectivity index (χ2v) is 8.75. The van der Waals surface area contributed by atoms with Gasteiger partial charge in [-0.25, -0.2) is 0 Å². The van der Waals surface area contributed by atoms with Crippen LogP contribution in [-0.2, 0) is 20.1 Å². The van der Waals surface area contributed by atoms with E-state index >= 15 is 0 Å². The van der Waals surface area contributed by atoms with Crippen LogP contribution in [0.15, 0.2) is 108 Å². The number of nitrogens with zero attached hydrogens (tertiary/aromatic N) is 2. The fraction of sp³-hybridized carbons (Fsp3) is 0.0857. The van der Waals surface area contributed by atoms with Crippen molar-refractivity contribution < 1.29 is 36.9 Å². The predicted molar refractivity (Wildman–Crippen MR) is 156 cm³/mol. The molecule has 1 radical (unpaired) electrons. The SMILES string of the molecule is [2H]C([2H])([2H])c1c[c-]c(-c2ccc(C([2H])([2H])[2H])cn2)cc1.[2H]C([2H])([2H])c1ccnc(-c2[c-]ccc3c2oc2cc4ccccc4cc23)c1.[Ir]. The summed E-state index contributed by atoms with van der Waals surface area (Å²) < 4.78 is 72.7. The molecule has 3 aromatic heterocycles. The Morgan fingerprint density at radius 3 is 2.28 bits per heavy atom. The molecule has 0 aliphatic heterocycles.